The summed E-state index contributed by atoms with van der Waals surface area (Å²) in [7, 11) is 0. The van der Waals surface area contributed by atoms with E-state index in [0.717, 1.165) is 31.6 Å². The van der Waals surface area contributed by atoms with Crippen LogP contribution < -0.4 is 10.6 Å². The molecule has 1 saturated heterocycles. The van der Waals surface area contributed by atoms with Crippen LogP contribution in [0.3, 0.4) is 0 Å². The van der Waals surface area contributed by atoms with Crippen LogP contribution in [0.15, 0.2) is 47.7 Å². The second-order valence-electron chi connectivity index (χ2n) is 5.93. The fourth-order valence-electron chi connectivity index (χ4n) is 3.03. The van der Waals surface area contributed by atoms with E-state index in [2.05, 4.69) is 25.7 Å². The van der Waals surface area contributed by atoms with Crippen LogP contribution in [0.2, 0.25) is 0 Å². The van der Waals surface area contributed by atoms with Crippen LogP contribution in [-0.2, 0) is 0 Å². The van der Waals surface area contributed by atoms with E-state index in [9.17, 15) is 4.79 Å². The fraction of sp³-hybridized carbons (Fsp3) is 0.294. The molecule has 0 radical (unpaired) electrons. The smallest absolute Gasteiger partial charge is 0.277 e. The molecule has 2 N–H and O–H groups in total. The number of anilines is 1. The predicted octanol–water partition coefficient (Wildman–Crippen LogP) is 1.97. The lowest BCUT2D eigenvalue weighted by Gasteiger charge is -2.21. The fourth-order valence-corrected chi connectivity index (χ4v) is 3.03. The lowest BCUT2D eigenvalue weighted by Crippen LogP contribution is -2.27. The molecule has 1 amide bonds. The summed E-state index contributed by atoms with van der Waals surface area (Å²) in [4.78, 5) is 20.6. The Morgan fingerprint density at radius 3 is 2.76 bits per heavy atom. The van der Waals surface area contributed by atoms with E-state index in [4.69, 9.17) is 4.42 Å². The number of aromatic nitrogens is 4. The molecule has 0 aliphatic carbocycles. The van der Waals surface area contributed by atoms with Crippen molar-refractivity contribution in [3.63, 3.8) is 0 Å². The molecule has 1 aromatic carbocycles. The molecule has 0 atom stereocenters. The number of carbonyl (C=O) groups is 1. The third-order valence-corrected chi connectivity index (χ3v) is 4.33. The highest BCUT2D eigenvalue weighted by Crippen LogP contribution is 2.28. The topological polar surface area (TPSA) is 97.9 Å². The third kappa shape index (κ3) is 3.29. The number of benzene rings is 1. The van der Waals surface area contributed by atoms with Crippen LogP contribution in [0, 0.1) is 0 Å². The van der Waals surface area contributed by atoms with Gasteiger partial charge in [-0.15, -0.1) is 0 Å². The Balaban J connectivity index is 1.48. The maximum absolute atomic E-state index is 12.6. The van der Waals surface area contributed by atoms with E-state index in [1.165, 1.54) is 12.7 Å². The number of rotatable bonds is 4. The minimum absolute atomic E-state index is 0.235. The van der Waals surface area contributed by atoms with Gasteiger partial charge in [0.05, 0.1) is 5.69 Å². The van der Waals surface area contributed by atoms with E-state index >= 15 is 0 Å². The quantitative estimate of drug-likeness (QED) is 0.755. The molecule has 3 aromatic rings. The van der Waals surface area contributed by atoms with Gasteiger partial charge in [0.2, 0.25) is 0 Å². The number of nitrogens with one attached hydrogen (secondary N) is 2. The van der Waals surface area contributed by atoms with Crippen molar-refractivity contribution in [3.05, 3.63) is 54.8 Å². The summed E-state index contributed by atoms with van der Waals surface area (Å²) in [6.45, 7) is 1.85. The number of hydrogen-bond acceptors (Lipinski definition) is 6. The number of oxazole rings is 1. The van der Waals surface area contributed by atoms with Gasteiger partial charge in [-0.25, -0.2) is 14.6 Å². The summed E-state index contributed by atoms with van der Waals surface area (Å²) < 4.78 is 7.16. The van der Waals surface area contributed by atoms with Gasteiger partial charge >= 0.3 is 0 Å². The van der Waals surface area contributed by atoms with Gasteiger partial charge in [-0.2, -0.15) is 5.10 Å². The summed E-state index contributed by atoms with van der Waals surface area (Å²) in [5, 5.41) is 10.3. The van der Waals surface area contributed by atoms with Gasteiger partial charge in [0.25, 0.3) is 5.91 Å². The summed E-state index contributed by atoms with van der Waals surface area (Å²) in [5.41, 5.74) is 1.92. The second-order valence-corrected chi connectivity index (χ2v) is 5.93. The molecule has 3 heterocycles. The summed E-state index contributed by atoms with van der Waals surface area (Å²) >= 11 is 0. The Bertz CT molecular complexity index is 834. The van der Waals surface area contributed by atoms with E-state index in [1.807, 2.05) is 24.3 Å². The molecule has 0 unspecified atom stereocenters. The lowest BCUT2D eigenvalue weighted by molar-refractivity contribution is 0.102. The van der Waals surface area contributed by atoms with Gasteiger partial charge in [0.1, 0.15) is 18.4 Å². The van der Waals surface area contributed by atoms with E-state index in [-0.39, 0.29) is 11.8 Å². The summed E-state index contributed by atoms with van der Waals surface area (Å²) in [6.07, 6.45) is 6.33. The SMILES string of the molecule is O=C(Nc1ccc(-n2cncn2)cc1)c1ncoc1C1CCNCC1. The van der Waals surface area contributed by atoms with Crippen LogP contribution in [0.25, 0.3) is 5.69 Å². The number of amides is 1. The van der Waals surface area contributed by atoms with Crippen LogP contribution >= 0.6 is 0 Å². The van der Waals surface area contributed by atoms with Gasteiger partial charge in [-0.1, -0.05) is 0 Å². The first kappa shape index (κ1) is 15.5. The van der Waals surface area contributed by atoms with Crippen molar-refractivity contribution in [2.75, 3.05) is 18.4 Å². The molecule has 1 fully saturated rings. The molecule has 1 aliphatic heterocycles. The minimum Gasteiger partial charge on any atom is -0.447 e. The molecule has 25 heavy (non-hydrogen) atoms. The molecule has 0 saturated carbocycles. The third-order valence-electron chi connectivity index (χ3n) is 4.33. The van der Waals surface area contributed by atoms with Crippen LogP contribution in [0.5, 0.6) is 0 Å². The van der Waals surface area contributed by atoms with Crippen LogP contribution in [0.4, 0.5) is 5.69 Å². The van der Waals surface area contributed by atoms with Crippen molar-refractivity contribution in [2.24, 2.45) is 0 Å². The average molecular weight is 338 g/mol. The Hall–Kier alpha value is -3.00. The van der Waals surface area contributed by atoms with Crippen molar-refractivity contribution in [1.29, 1.82) is 0 Å². The molecule has 8 nitrogen and oxygen atoms in total. The Labute approximate surface area is 144 Å². The Morgan fingerprint density at radius 1 is 1.24 bits per heavy atom. The standard InChI is InChI=1S/C17H18N6O2/c24-17(15-16(25-11-20-15)12-5-7-18-8-6-12)22-13-1-3-14(4-2-13)23-10-19-9-21-23/h1-4,9-12,18H,5-8H2,(H,22,24). The molecule has 128 valence electrons. The van der Waals surface area contributed by atoms with Crippen molar-refractivity contribution in [1.82, 2.24) is 25.1 Å². The van der Waals surface area contributed by atoms with Crippen LogP contribution in [-0.4, -0.2) is 38.7 Å². The highest BCUT2D eigenvalue weighted by molar-refractivity contribution is 6.03. The maximum atomic E-state index is 12.6. The van der Waals surface area contributed by atoms with Crippen molar-refractivity contribution >= 4 is 11.6 Å². The number of carbonyl (C=O) groups excluding carboxylic acids is 1. The van der Waals surface area contributed by atoms with Crippen molar-refractivity contribution < 1.29 is 9.21 Å². The van der Waals surface area contributed by atoms with Crippen LogP contribution in [0.1, 0.15) is 35.0 Å². The van der Waals surface area contributed by atoms with Gasteiger partial charge in [-0.3, -0.25) is 4.79 Å². The molecule has 4 rings (SSSR count). The molecule has 2 aromatic heterocycles. The monoisotopic (exact) mass is 338 g/mol. The zero-order valence-electron chi connectivity index (χ0n) is 13.6. The molecular weight excluding hydrogens is 320 g/mol. The Morgan fingerprint density at radius 2 is 2.04 bits per heavy atom. The summed E-state index contributed by atoms with van der Waals surface area (Å²) in [5.74, 6) is 0.660. The first-order valence-electron chi connectivity index (χ1n) is 8.22. The molecule has 0 spiro atoms. The predicted molar refractivity (Wildman–Crippen MR) is 90.7 cm³/mol. The van der Waals surface area contributed by atoms with E-state index < -0.39 is 0 Å². The highest BCUT2D eigenvalue weighted by Gasteiger charge is 2.25. The molecule has 0 bridgehead atoms. The molecule has 8 heteroatoms. The first-order valence-corrected chi connectivity index (χ1v) is 8.22. The molecule has 1 aliphatic rings. The number of piperidine rings is 1. The average Bonchev–Trinajstić information content (AvgIpc) is 3.35. The van der Waals surface area contributed by atoms with Gasteiger partial charge in [0.15, 0.2) is 12.1 Å². The Kier molecular flexibility index (Phi) is 4.26. The number of hydrogen-bond donors (Lipinski definition) is 2. The summed E-state index contributed by atoms with van der Waals surface area (Å²) in [6, 6.07) is 7.36. The van der Waals surface area contributed by atoms with Gasteiger partial charge < -0.3 is 15.1 Å². The van der Waals surface area contributed by atoms with E-state index in [1.54, 1.807) is 11.0 Å². The zero-order chi connectivity index (χ0) is 17.1. The van der Waals surface area contributed by atoms with Gasteiger partial charge in [-0.05, 0) is 50.2 Å². The molecular formula is C17H18N6O2. The normalized spacial score (nSPS) is 15.2. The largest absolute Gasteiger partial charge is 0.447 e. The highest BCUT2D eigenvalue weighted by atomic mass is 16.3. The van der Waals surface area contributed by atoms with Gasteiger partial charge in [0, 0.05) is 11.6 Å². The zero-order valence-corrected chi connectivity index (χ0v) is 13.6. The minimum atomic E-state index is -0.254. The van der Waals surface area contributed by atoms with Crippen molar-refractivity contribution in [3.8, 4) is 5.69 Å². The van der Waals surface area contributed by atoms with E-state index in [0.29, 0.717) is 17.1 Å². The van der Waals surface area contributed by atoms with Crippen molar-refractivity contribution in [2.45, 2.75) is 18.8 Å². The second kappa shape index (κ2) is 6.86. The lowest BCUT2D eigenvalue weighted by atomic mass is 9.94. The first-order chi connectivity index (χ1) is 12.3. The number of nitrogens with zero attached hydrogens (tertiary/aromatic N) is 4. The maximum Gasteiger partial charge on any atom is 0.277 e.